The number of esters is 1. The van der Waals surface area contributed by atoms with Crippen molar-refractivity contribution in [2.24, 2.45) is 14.1 Å². The van der Waals surface area contributed by atoms with E-state index >= 15 is 4.79 Å². The minimum atomic E-state index is -0.513. The van der Waals surface area contributed by atoms with E-state index in [0.29, 0.717) is 59.0 Å². The molecule has 1 aliphatic rings. The third kappa shape index (κ3) is 5.60. The fourth-order valence-electron chi connectivity index (χ4n) is 7.91. The molecule has 1 amide bonds. The Kier molecular flexibility index (Phi) is 9.03. The Hall–Kier alpha value is -4.93. The predicted octanol–water partition coefficient (Wildman–Crippen LogP) is 8.80. The van der Waals surface area contributed by atoms with Gasteiger partial charge in [0.05, 0.1) is 41.2 Å². The van der Waals surface area contributed by atoms with Crippen LogP contribution in [0, 0.1) is 27.7 Å². The zero-order valence-corrected chi connectivity index (χ0v) is 32.0. The summed E-state index contributed by atoms with van der Waals surface area (Å²) in [7, 11) is 5.00. The first-order valence-electron chi connectivity index (χ1n) is 17.2. The van der Waals surface area contributed by atoms with E-state index in [9.17, 15) is 9.90 Å². The number of halogens is 2. The van der Waals surface area contributed by atoms with Crippen LogP contribution in [-0.4, -0.2) is 56.2 Å². The number of benzene rings is 3. The van der Waals surface area contributed by atoms with Crippen LogP contribution in [0.25, 0.3) is 32.9 Å². The summed E-state index contributed by atoms with van der Waals surface area (Å²) in [5.41, 5.74) is 9.27. The van der Waals surface area contributed by atoms with Gasteiger partial charge in [0.25, 0.3) is 5.91 Å². The van der Waals surface area contributed by atoms with Crippen molar-refractivity contribution >= 4 is 62.6 Å². The molecular formula is C40H41Cl2N5O5. The van der Waals surface area contributed by atoms with Gasteiger partial charge in [-0.1, -0.05) is 29.3 Å². The number of amides is 1. The number of aryl methyl sites for hydroxylation is 6. The fraction of sp³-hybridized carbons (Fsp3) is 0.325. The number of aromatic nitrogens is 4. The second kappa shape index (κ2) is 13.2. The van der Waals surface area contributed by atoms with Gasteiger partial charge in [-0.2, -0.15) is 5.10 Å². The van der Waals surface area contributed by atoms with Gasteiger partial charge in [-0.05, 0) is 94.5 Å². The second-order valence-corrected chi connectivity index (χ2v) is 14.5. The van der Waals surface area contributed by atoms with Crippen LogP contribution in [0.4, 0.5) is 5.69 Å². The maximum absolute atomic E-state index is 15.1. The Morgan fingerprint density at radius 1 is 1.00 bits per heavy atom. The molecule has 10 nitrogen and oxygen atoms in total. The number of carbonyl (C=O) groups excluding carboxylic acids is 2. The van der Waals surface area contributed by atoms with Gasteiger partial charge in [-0.15, -0.1) is 0 Å². The van der Waals surface area contributed by atoms with Crippen molar-refractivity contribution in [3.8, 4) is 22.6 Å². The van der Waals surface area contributed by atoms with Crippen LogP contribution < -0.4 is 9.64 Å². The first-order chi connectivity index (χ1) is 24.7. The lowest BCUT2D eigenvalue weighted by Crippen LogP contribution is -2.43. The highest BCUT2D eigenvalue weighted by Gasteiger charge is 2.38. The summed E-state index contributed by atoms with van der Waals surface area (Å²) in [6.07, 6.45) is 1.18. The van der Waals surface area contributed by atoms with Crippen LogP contribution in [0.3, 0.4) is 0 Å². The summed E-state index contributed by atoms with van der Waals surface area (Å²) in [5.74, 6) is 0.000164. The Labute approximate surface area is 312 Å². The average Bonchev–Trinajstić information content (AvgIpc) is 3.70. The number of methoxy groups -OCH3 is 1. The largest absolute Gasteiger partial charge is 0.508 e. The van der Waals surface area contributed by atoms with Crippen LogP contribution in [0.15, 0.2) is 42.5 Å². The van der Waals surface area contributed by atoms with Gasteiger partial charge in [-0.3, -0.25) is 9.48 Å². The van der Waals surface area contributed by atoms with Gasteiger partial charge < -0.3 is 28.6 Å². The minimum Gasteiger partial charge on any atom is -0.508 e. The van der Waals surface area contributed by atoms with Crippen LogP contribution in [0.2, 0.25) is 10.0 Å². The minimum absolute atomic E-state index is 0.0160. The van der Waals surface area contributed by atoms with Crippen LogP contribution >= 0.6 is 23.2 Å². The highest BCUT2D eigenvalue weighted by Crippen LogP contribution is 2.46. The molecule has 0 radical (unpaired) electrons. The summed E-state index contributed by atoms with van der Waals surface area (Å²) < 4.78 is 16.9. The molecule has 1 N–H and O–H groups in total. The Balaban J connectivity index is 1.39. The van der Waals surface area contributed by atoms with Gasteiger partial charge in [0.15, 0.2) is 0 Å². The number of rotatable bonds is 8. The second-order valence-electron chi connectivity index (χ2n) is 13.8. The number of ether oxygens (including phenoxy) is 2. The van der Waals surface area contributed by atoms with Gasteiger partial charge in [0.1, 0.15) is 22.9 Å². The van der Waals surface area contributed by atoms with Gasteiger partial charge in [0, 0.05) is 65.4 Å². The average molecular weight is 743 g/mol. The van der Waals surface area contributed by atoms with Crippen molar-refractivity contribution in [1.82, 2.24) is 18.9 Å². The van der Waals surface area contributed by atoms with Gasteiger partial charge >= 0.3 is 5.97 Å². The van der Waals surface area contributed by atoms with Crippen LogP contribution in [0.5, 0.6) is 11.5 Å². The third-order valence-corrected chi connectivity index (χ3v) is 11.3. The molecule has 4 heterocycles. The van der Waals surface area contributed by atoms with E-state index in [0.717, 1.165) is 60.9 Å². The van der Waals surface area contributed by atoms with E-state index < -0.39 is 5.97 Å². The lowest BCUT2D eigenvalue weighted by Gasteiger charge is -2.35. The quantitative estimate of drug-likeness (QED) is 0.124. The molecule has 1 atom stereocenters. The topological polar surface area (TPSA) is 104 Å². The van der Waals surface area contributed by atoms with E-state index in [1.165, 1.54) is 7.11 Å². The standard InChI is InChI=1S/C40H41Cl2N5O5/c1-20-14-27(15-21(2)35(20)42)52-13-9-10-28-29-11-12-30(41)34(33-23(4)43-45(7)24(33)5)37(29)47-22(3)19-46(39(49)38(28)47)31-18-26(48)16-25-17-32(40(50)51-8)44(6)36(25)31/h11-12,14-18,22,48H,9-10,13,19H2,1-8H3/t22-/m1/s1. The molecule has 270 valence electrons. The molecular weight excluding hydrogens is 701 g/mol. The molecule has 7 rings (SSSR count). The van der Waals surface area contributed by atoms with Gasteiger partial charge in [0.2, 0.25) is 0 Å². The van der Waals surface area contributed by atoms with E-state index in [2.05, 4.69) is 11.5 Å². The molecule has 1 aliphatic heterocycles. The van der Waals surface area contributed by atoms with Crippen molar-refractivity contribution in [1.29, 1.82) is 0 Å². The first-order valence-corrected chi connectivity index (χ1v) is 18.0. The molecule has 12 heteroatoms. The predicted molar refractivity (Wildman–Crippen MR) is 206 cm³/mol. The summed E-state index contributed by atoms with van der Waals surface area (Å²) in [6, 6.07) is 12.4. The summed E-state index contributed by atoms with van der Waals surface area (Å²) >= 11 is 13.5. The zero-order chi connectivity index (χ0) is 37.3. The van der Waals surface area contributed by atoms with Crippen molar-refractivity contribution in [2.75, 3.05) is 25.2 Å². The number of fused-ring (bicyclic) bond motifs is 4. The normalized spacial score (nSPS) is 14.5. The smallest absolute Gasteiger partial charge is 0.354 e. The number of anilines is 1. The van der Waals surface area contributed by atoms with E-state index in [1.807, 2.05) is 63.7 Å². The molecule has 0 aliphatic carbocycles. The molecule has 0 saturated carbocycles. The molecule has 0 fully saturated rings. The number of carbonyl (C=O) groups is 2. The Morgan fingerprint density at radius 3 is 2.37 bits per heavy atom. The van der Waals surface area contributed by atoms with Gasteiger partial charge in [-0.25, -0.2) is 4.79 Å². The molecule has 3 aromatic carbocycles. The van der Waals surface area contributed by atoms with Crippen LogP contribution in [-0.2, 0) is 25.3 Å². The maximum Gasteiger partial charge on any atom is 0.354 e. The number of phenolic OH excluding ortho intramolecular Hbond substituents is 1. The molecule has 3 aromatic heterocycles. The zero-order valence-electron chi connectivity index (χ0n) is 30.5. The number of aromatic hydroxyl groups is 1. The summed E-state index contributed by atoms with van der Waals surface area (Å²) in [4.78, 5) is 29.5. The number of hydrogen-bond donors (Lipinski definition) is 1. The molecule has 52 heavy (non-hydrogen) atoms. The molecule has 0 bridgehead atoms. The van der Waals surface area contributed by atoms with Crippen LogP contribution in [0.1, 0.15) is 68.4 Å². The van der Waals surface area contributed by atoms with Crippen molar-refractivity contribution in [3.63, 3.8) is 0 Å². The van der Waals surface area contributed by atoms with E-state index in [4.69, 9.17) is 37.8 Å². The Morgan fingerprint density at radius 2 is 1.71 bits per heavy atom. The Bertz CT molecular complexity index is 2430. The number of hydrogen-bond acceptors (Lipinski definition) is 6. The van der Waals surface area contributed by atoms with E-state index in [-0.39, 0.29) is 17.7 Å². The summed E-state index contributed by atoms with van der Waals surface area (Å²) in [5, 5.41) is 18.4. The molecule has 0 saturated heterocycles. The highest BCUT2D eigenvalue weighted by atomic mass is 35.5. The lowest BCUT2D eigenvalue weighted by molar-refractivity contribution is 0.0590. The summed E-state index contributed by atoms with van der Waals surface area (Å²) in [6.45, 7) is 10.7. The number of phenols is 1. The molecule has 0 unspecified atom stereocenters. The van der Waals surface area contributed by atoms with Crippen molar-refractivity contribution in [2.45, 2.75) is 53.5 Å². The highest BCUT2D eigenvalue weighted by molar-refractivity contribution is 6.35. The van der Waals surface area contributed by atoms with Crippen molar-refractivity contribution < 1.29 is 24.2 Å². The van der Waals surface area contributed by atoms with E-state index in [1.54, 1.807) is 34.7 Å². The first kappa shape index (κ1) is 35.5. The molecule has 6 aromatic rings. The number of nitrogens with zero attached hydrogens (tertiary/aromatic N) is 5. The third-order valence-electron chi connectivity index (χ3n) is 10.3. The monoisotopic (exact) mass is 741 g/mol. The SMILES string of the molecule is COC(=O)c1cc2cc(O)cc(N3C[C@@H](C)n4c(c(CCCOc5cc(C)c(Cl)c(C)c5)c5ccc(Cl)c(-c6c(C)nn(C)c6C)c54)C3=O)c2n1C. The fourth-order valence-corrected chi connectivity index (χ4v) is 8.27. The maximum atomic E-state index is 15.1. The van der Waals surface area contributed by atoms with Crippen molar-refractivity contribution in [3.05, 3.63) is 92.0 Å². The molecule has 0 spiro atoms. The lowest BCUT2D eigenvalue weighted by atomic mass is 9.98.